The topological polar surface area (TPSA) is 52.3 Å². The Kier molecular flexibility index (Phi) is 5.41. The summed E-state index contributed by atoms with van der Waals surface area (Å²) < 4.78 is 19.4. The normalized spacial score (nSPS) is 12.2. The molecule has 5 heteroatoms. The minimum absolute atomic E-state index is 0.154. The molecule has 0 unspecified atom stereocenters. The molecule has 17 heavy (non-hydrogen) atoms. The van der Waals surface area contributed by atoms with E-state index >= 15 is 0 Å². The molecule has 0 bridgehead atoms. The van der Waals surface area contributed by atoms with Crippen LogP contribution in [0.2, 0.25) is 0 Å². The Morgan fingerprint density at radius 3 is 2.94 bits per heavy atom. The first kappa shape index (κ1) is 14.0. The van der Waals surface area contributed by atoms with Gasteiger partial charge in [0.1, 0.15) is 0 Å². The minimum Gasteiger partial charge on any atom is -0.490 e. The molecule has 1 aromatic carbocycles. The van der Waals surface area contributed by atoms with Crippen molar-refractivity contribution in [3.8, 4) is 5.75 Å². The van der Waals surface area contributed by atoms with Crippen LogP contribution in [0.5, 0.6) is 5.75 Å². The Labute approximate surface area is 108 Å². The lowest BCUT2D eigenvalue weighted by Crippen LogP contribution is -2.15. The van der Waals surface area contributed by atoms with Crippen molar-refractivity contribution in [2.45, 2.75) is 19.8 Å². The molecule has 0 spiro atoms. The predicted octanol–water partition coefficient (Wildman–Crippen LogP) is 2.87. The molecule has 3 nitrogen and oxygen atoms in total. The quantitative estimate of drug-likeness (QED) is 0.878. The van der Waals surface area contributed by atoms with Crippen LogP contribution in [0.15, 0.2) is 22.7 Å². The Morgan fingerprint density at radius 2 is 2.29 bits per heavy atom. The van der Waals surface area contributed by atoms with Crippen LogP contribution in [0.25, 0.3) is 0 Å². The molecule has 1 amide bonds. The number of hydrogen-bond acceptors (Lipinski definition) is 2. The number of benzene rings is 1. The van der Waals surface area contributed by atoms with Crippen LogP contribution in [-0.2, 0) is 4.79 Å². The maximum Gasteiger partial charge on any atom is 0.217 e. The number of carbonyl (C=O) groups is 1. The van der Waals surface area contributed by atoms with Gasteiger partial charge in [-0.3, -0.25) is 4.79 Å². The van der Waals surface area contributed by atoms with Gasteiger partial charge in [0.05, 0.1) is 6.61 Å². The van der Waals surface area contributed by atoms with E-state index in [-0.39, 0.29) is 17.6 Å². The highest BCUT2D eigenvalue weighted by molar-refractivity contribution is 9.10. The maximum atomic E-state index is 13.3. The van der Waals surface area contributed by atoms with E-state index in [0.717, 1.165) is 4.47 Å². The summed E-state index contributed by atoms with van der Waals surface area (Å²) in [5.41, 5.74) is 5.05. The first-order valence-electron chi connectivity index (χ1n) is 5.35. The number of hydrogen-bond donors (Lipinski definition) is 1. The molecule has 1 atom stereocenters. The molecule has 0 aromatic heterocycles. The monoisotopic (exact) mass is 303 g/mol. The van der Waals surface area contributed by atoms with Crippen molar-refractivity contribution in [1.29, 1.82) is 0 Å². The van der Waals surface area contributed by atoms with Gasteiger partial charge in [0, 0.05) is 10.9 Å². The van der Waals surface area contributed by atoms with Gasteiger partial charge in [-0.1, -0.05) is 22.9 Å². The van der Waals surface area contributed by atoms with Crippen molar-refractivity contribution in [3.63, 3.8) is 0 Å². The molecule has 0 saturated heterocycles. The van der Waals surface area contributed by atoms with Gasteiger partial charge in [-0.25, -0.2) is 4.39 Å². The third kappa shape index (κ3) is 5.17. The number of primary amides is 1. The fourth-order valence-electron chi connectivity index (χ4n) is 1.29. The second kappa shape index (κ2) is 6.59. The van der Waals surface area contributed by atoms with Crippen LogP contribution in [0, 0.1) is 11.7 Å². The molecule has 2 N–H and O–H groups in total. The van der Waals surface area contributed by atoms with Crippen LogP contribution in [0.1, 0.15) is 19.8 Å². The van der Waals surface area contributed by atoms with Gasteiger partial charge in [-0.2, -0.15) is 0 Å². The van der Waals surface area contributed by atoms with Crippen molar-refractivity contribution >= 4 is 21.8 Å². The lowest BCUT2D eigenvalue weighted by molar-refractivity contribution is -0.118. The standard InChI is InChI=1S/C12H15BrFNO2/c1-8(2-5-12(15)16)7-17-11-6-9(13)3-4-10(11)14/h3-4,6,8H,2,5,7H2,1H3,(H2,15,16)/t8-/m0/s1. The average molecular weight is 304 g/mol. The number of halogens is 2. The predicted molar refractivity (Wildman–Crippen MR) is 67.2 cm³/mol. The summed E-state index contributed by atoms with van der Waals surface area (Å²) in [5.74, 6) is -0.355. The van der Waals surface area contributed by atoms with E-state index in [1.807, 2.05) is 6.92 Å². The highest BCUT2D eigenvalue weighted by atomic mass is 79.9. The number of rotatable bonds is 6. The largest absolute Gasteiger partial charge is 0.490 e. The Bertz CT molecular complexity index is 398. The van der Waals surface area contributed by atoms with Gasteiger partial charge >= 0.3 is 0 Å². The Balaban J connectivity index is 2.44. The summed E-state index contributed by atoms with van der Waals surface area (Å²) in [7, 11) is 0. The van der Waals surface area contributed by atoms with Crippen molar-refractivity contribution in [2.24, 2.45) is 11.7 Å². The summed E-state index contributed by atoms with van der Waals surface area (Å²) in [5, 5.41) is 0. The van der Waals surface area contributed by atoms with Crippen LogP contribution in [-0.4, -0.2) is 12.5 Å². The molecule has 0 saturated carbocycles. The second-order valence-corrected chi connectivity index (χ2v) is 4.91. The Hall–Kier alpha value is -1.10. The molecule has 0 aliphatic heterocycles. The van der Waals surface area contributed by atoms with Gasteiger partial charge in [0.2, 0.25) is 5.91 Å². The fraction of sp³-hybridized carbons (Fsp3) is 0.417. The third-order valence-electron chi connectivity index (χ3n) is 2.30. The summed E-state index contributed by atoms with van der Waals surface area (Å²) in [6.07, 6.45) is 0.969. The first-order chi connectivity index (χ1) is 7.99. The maximum absolute atomic E-state index is 13.3. The summed E-state index contributed by atoms with van der Waals surface area (Å²) in [6.45, 7) is 2.29. The van der Waals surface area contributed by atoms with Gasteiger partial charge in [-0.05, 0) is 30.5 Å². The average Bonchev–Trinajstić information content (AvgIpc) is 2.27. The smallest absolute Gasteiger partial charge is 0.217 e. The van der Waals surface area contributed by atoms with Gasteiger partial charge in [-0.15, -0.1) is 0 Å². The van der Waals surface area contributed by atoms with E-state index in [1.165, 1.54) is 6.07 Å². The van der Waals surface area contributed by atoms with Crippen LogP contribution in [0.3, 0.4) is 0 Å². The molecule has 0 radical (unpaired) electrons. The third-order valence-corrected chi connectivity index (χ3v) is 2.79. The lowest BCUT2D eigenvalue weighted by Gasteiger charge is -2.12. The number of ether oxygens (including phenoxy) is 1. The van der Waals surface area contributed by atoms with E-state index in [2.05, 4.69) is 15.9 Å². The van der Waals surface area contributed by atoms with Crippen molar-refractivity contribution in [3.05, 3.63) is 28.5 Å². The van der Waals surface area contributed by atoms with Gasteiger partial charge < -0.3 is 10.5 Å². The number of amides is 1. The summed E-state index contributed by atoms with van der Waals surface area (Å²) >= 11 is 3.25. The van der Waals surface area contributed by atoms with Gasteiger partial charge in [0.25, 0.3) is 0 Å². The lowest BCUT2D eigenvalue weighted by atomic mass is 10.1. The van der Waals surface area contributed by atoms with E-state index in [1.54, 1.807) is 12.1 Å². The molecule has 1 rings (SSSR count). The Morgan fingerprint density at radius 1 is 1.59 bits per heavy atom. The van der Waals surface area contributed by atoms with Crippen LogP contribution < -0.4 is 10.5 Å². The molecule has 0 aliphatic carbocycles. The minimum atomic E-state index is -0.393. The summed E-state index contributed by atoms with van der Waals surface area (Å²) in [6, 6.07) is 4.53. The zero-order valence-electron chi connectivity index (χ0n) is 9.58. The van der Waals surface area contributed by atoms with Crippen molar-refractivity contribution in [1.82, 2.24) is 0 Å². The molecule has 0 aliphatic rings. The highest BCUT2D eigenvalue weighted by Crippen LogP contribution is 2.23. The van der Waals surface area contributed by atoms with E-state index in [9.17, 15) is 9.18 Å². The van der Waals surface area contributed by atoms with Crippen molar-refractivity contribution in [2.75, 3.05) is 6.61 Å². The molecule has 94 valence electrons. The van der Waals surface area contributed by atoms with Crippen LogP contribution >= 0.6 is 15.9 Å². The summed E-state index contributed by atoms with van der Waals surface area (Å²) in [4.78, 5) is 10.6. The molecule has 0 heterocycles. The molecule has 1 aromatic rings. The zero-order valence-corrected chi connectivity index (χ0v) is 11.2. The first-order valence-corrected chi connectivity index (χ1v) is 6.14. The SMILES string of the molecule is C[C@@H](CCC(N)=O)COc1cc(Br)ccc1F. The molecular weight excluding hydrogens is 289 g/mol. The van der Waals surface area contributed by atoms with E-state index < -0.39 is 5.82 Å². The molecular formula is C12H15BrFNO2. The number of carbonyl (C=O) groups excluding carboxylic acids is 1. The number of nitrogens with two attached hydrogens (primary N) is 1. The van der Waals surface area contributed by atoms with Crippen LogP contribution in [0.4, 0.5) is 4.39 Å². The zero-order chi connectivity index (χ0) is 12.8. The molecule has 0 fully saturated rings. The second-order valence-electron chi connectivity index (χ2n) is 4.00. The highest BCUT2D eigenvalue weighted by Gasteiger charge is 2.08. The van der Waals surface area contributed by atoms with Gasteiger partial charge in [0.15, 0.2) is 11.6 Å². The van der Waals surface area contributed by atoms with E-state index in [4.69, 9.17) is 10.5 Å². The van der Waals surface area contributed by atoms with E-state index in [0.29, 0.717) is 19.4 Å². The van der Waals surface area contributed by atoms with Crippen molar-refractivity contribution < 1.29 is 13.9 Å². The fourth-order valence-corrected chi connectivity index (χ4v) is 1.63.